The molecule has 5 heteroatoms. The second-order valence-electron chi connectivity index (χ2n) is 4.43. The lowest BCUT2D eigenvalue weighted by atomic mass is 10.1. The third-order valence-corrected chi connectivity index (χ3v) is 3.55. The standard InChI is InChI=1S/C15H11BrN2O2/c16-10-6-7-13-12(8-10)14(9-15(19)20)18(17-13)11-4-2-1-3-5-11/h1-8H,9H2,(H,19,20). The summed E-state index contributed by atoms with van der Waals surface area (Å²) >= 11 is 3.41. The Morgan fingerprint density at radius 1 is 1.20 bits per heavy atom. The Hall–Kier alpha value is -2.14. The Labute approximate surface area is 123 Å². The van der Waals surface area contributed by atoms with Gasteiger partial charge in [0.1, 0.15) is 0 Å². The second-order valence-corrected chi connectivity index (χ2v) is 5.34. The maximum atomic E-state index is 11.1. The van der Waals surface area contributed by atoms with Crippen LogP contribution in [-0.2, 0) is 11.2 Å². The molecule has 0 radical (unpaired) electrons. The Balaban J connectivity index is 2.28. The van der Waals surface area contributed by atoms with Gasteiger partial charge in [-0.15, -0.1) is 0 Å². The lowest BCUT2D eigenvalue weighted by molar-refractivity contribution is -0.136. The van der Waals surface area contributed by atoms with Crippen LogP contribution in [0.1, 0.15) is 5.69 Å². The first kappa shape index (κ1) is 12.9. The first-order valence-electron chi connectivity index (χ1n) is 6.09. The van der Waals surface area contributed by atoms with Gasteiger partial charge in [0.2, 0.25) is 0 Å². The molecule has 0 saturated heterocycles. The van der Waals surface area contributed by atoms with Crippen molar-refractivity contribution >= 4 is 32.8 Å². The van der Waals surface area contributed by atoms with Crippen LogP contribution in [0, 0.1) is 0 Å². The van der Waals surface area contributed by atoms with Gasteiger partial charge >= 0.3 is 5.97 Å². The topological polar surface area (TPSA) is 55.1 Å². The number of carboxylic acids is 1. The minimum absolute atomic E-state index is 0.0676. The molecular weight excluding hydrogens is 320 g/mol. The Morgan fingerprint density at radius 2 is 1.95 bits per heavy atom. The zero-order valence-electron chi connectivity index (χ0n) is 10.5. The SMILES string of the molecule is O=C(O)Cc1c2cc(Br)ccc2nn1-c1ccccc1. The Morgan fingerprint density at radius 3 is 2.65 bits per heavy atom. The molecule has 0 bridgehead atoms. The molecule has 100 valence electrons. The molecule has 4 nitrogen and oxygen atoms in total. The molecular formula is C15H11BrN2O2. The van der Waals surface area contributed by atoms with Crippen LogP contribution < -0.4 is 0 Å². The summed E-state index contributed by atoms with van der Waals surface area (Å²) in [7, 11) is 0. The number of para-hydroxylation sites is 1. The van der Waals surface area contributed by atoms with E-state index in [-0.39, 0.29) is 6.42 Å². The van der Waals surface area contributed by atoms with Gasteiger partial charge in [-0.25, -0.2) is 4.68 Å². The van der Waals surface area contributed by atoms with E-state index in [2.05, 4.69) is 21.0 Å². The normalized spacial score (nSPS) is 10.8. The highest BCUT2D eigenvalue weighted by molar-refractivity contribution is 9.10. The minimum Gasteiger partial charge on any atom is -0.481 e. The van der Waals surface area contributed by atoms with E-state index >= 15 is 0 Å². The molecule has 0 aliphatic rings. The van der Waals surface area contributed by atoms with Crippen molar-refractivity contribution in [2.75, 3.05) is 0 Å². The molecule has 20 heavy (non-hydrogen) atoms. The highest BCUT2D eigenvalue weighted by Crippen LogP contribution is 2.25. The molecule has 0 fully saturated rings. The van der Waals surface area contributed by atoms with Crippen molar-refractivity contribution < 1.29 is 9.90 Å². The summed E-state index contributed by atoms with van der Waals surface area (Å²) in [5.74, 6) is -0.871. The van der Waals surface area contributed by atoms with Crippen LogP contribution in [-0.4, -0.2) is 20.9 Å². The van der Waals surface area contributed by atoms with Crippen molar-refractivity contribution in [3.05, 3.63) is 58.7 Å². The smallest absolute Gasteiger partial charge is 0.309 e. The highest BCUT2D eigenvalue weighted by Gasteiger charge is 2.15. The quantitative estimate of drug-likeness (QED) is 0.800. The van der Waals surface area contributed by atoms with Gasteiger partial charge in [-0.05, 0) is 30.3 Å². The van der Waals surface area contributed by atoms with Gasteiger partial charge in [-0.2, -0.15) is 5.10 Å². The fourth-order valence-corrected chi connectivity index (χ4v) is 2.57. The molecule has 1 heterocycles. The minimum atomic E-state index is -0.871. The van der Waals surface area contributed by atoms with Crippen LogP contribution in [0.25, 0.3) is 16.6 Å². The van der Waals surface area contributed by atoms with Crippen molar-refractivity contribution in [2.45, 2.75) is 6.42 Å². The molecule has 3 rings (SSSR count). The van der Waals surface area contributed by atoms with Gasteiger partial charge in [-0.3, -0.25) is 4.79 Å². The maximum absolute atomic E-state index is 11.1. The molecule has 2 aromatic carbocycles. The van der Waals surface area contributed by atoms with Crippen LogP contribution >= 0.6 is 15.9 Å². The van der Waals surface area contributed by atoms with Gasteiger partial charge in [0.25, 0.3) is 0 Å². The lowest BCUT2D eigenvalue weighted by Gasteiger charge is -2.05. The maximum Gasteiger partial charge on any atom is 0.309 e. The number of halogens is 1. The van der Waals surface area contributed by atoms with Gasteiger partial charge in [0.05, 0.1) is 23.3 Å². The lowest BCUT2D eigenvalue weighted by Crippen LogP contribution is -2.08. The summed E-state index contributed by atoms with van der Waals surface area (Å²) in [5.41, 5.74) is 2.32. The fourth-order valence-electron chi connectivity index (χ4n) is 2.20. The molecule has 0 amide bonds. The van der Waals surface area contributed by atoms with Gasteiger partial charge in [-0.1, -0.05) is 34.1 Å². The number of carboxylic acid groups (broad SMARTS) is 1. The number of aliphatic carboxylic acids is 1. The summed E-state index contributed by atoms with van der Waals surface area (Å²) < 4.78 is 2.61. The zero-order valence-corrected chi connectivity index (χ0v) is 12.0. The molecule has 1 N–H and O–H groups in total. The monoisotopic (exact) mass is 330 g/mol. The molecule has 0 atom stereocenters. The van der Waals surface area contributed by atoms with Gasteiger partial charge in [0, 0.05) is 9.86 Å². The first-order valence-corrected chi connectivity index (χ1v) is 6.89. The number of hydrogen-bond donors (Lipinski definition) is 1. The molecule has 0 spiro atoms. The van der Waals surface area contributed by atoms with E-state index in [9.17, 15) is 4.79 Å². The van der Waals surface area contributed by atoms with E-state index in [0.29, 0.717) is 5.69 Å². The number of carbonyl (C=O) groups is 1. The van der Waals surface area contributed by atoms with Crippen LogP contribution in [0.3, 0.4) is 0 Å². The number of nitrogens with zero attached hydrogens (tertiary/aromatic N) is 2. The average Bonchev–Trinajstić information content (AvgIpc) is 2.77. The molecule has 0 aliphatic heterocycles. The van der Waals surface area contributed by atoms with Crippen LogP contribution in [0.15, 0.2) is 53.0 Å². The van der Waals surface area contributed by atoms with E-state index < -0.39 is 5.97 Å². The predicted molar refractivity (Wildman–Crippen MR) is 80.1 cm³/mol. The molecule has 3 aromatic rings. The van der Waals surface area contributed by atoms with E-state index in [4.69, 9.17) is 5.11 Å². The number of aromatic nitrogens is 2. The van der Waals surface area contributed by atoms with E-state index in [1.807, 2.05) is 48.5 Å². The highest BCUT2D eigenvalue weighted by atomic mass is 79.9. The van der Waals surface area contributed by atoms with E-state index in [1.54, 1.807) is 4.68 Å². The van der Waals surface area contributed by atoms with Crippen molar-refractivity contribution in [1.82, 2.24) is 9.78 Å². The number of fused-ring (bicyclic) bond motifs is 1. The van der Waals surface area contributed by atoms with Crippen molar-refractivity contribution in [3.8, 4) is 5.69 Å². The fraction of sp³-hybridized carbons (Fsp3) is 0.0667. The Kier molecular flexibility index (Phi) is 3.28. The van der Waals surface area contributed by atoms with Crippen molar-refractivity contribution in [1.29, 1.82) is 0 Å². The van der Waals surface area contributed by atoms with E-state index in [1.165, 1.54) is 0 Å². The first-order chi connectivity index (χ1) is 9.65. The Bertz CT molecular complexity index is 781. The largest absolute Gasteiger partial charge is 0.481 e. The second kappa shape index (κ2) is 5.09. The molecule has 0 saturated carbocycles. The summed E-state index contributed by atoms with van der Waals surface area (Å²) in [4.78, 5) is 11.1. The van der Waals surface area contributed by atoms with Gasteiger partial charge < -0.3 is 5.11 Å². The molecule has 0 unspecified atom stereocenters. The predicted octanol–water partition coefficient (Wildman–Crippen LogP) is 3.42. The molecule has 1 aromatic heterocycles. The zero-order chi connectivity index (χ0) is 14.1. The summed E-state index contributed by atoms with van der Waals surface area (Å²) in [6.07, 6.45) is -0.0676. The third-order valence-electron chi connectivity index (χ3n) is 3.05. The third kappa shape index (κ3) is 2.32. The summed E-state index contributed by atoms with van der Waals surface area (Å²) in [5, 5.41) is 14.5. The van der Waals surface area contributed by atoms with Crippen LogP contribution in [0.5, 0.6) is 0 Å². The summed E-state index contributed by atoms with van der Waals surface area (Å²) in [6, 6.07) is 15.2. The summed E-state index contributed by atoms with van der Waals surface area (Å²) in [6.45, 7) is 0. The van der Waals surface area contributed by atoms with Crippen molar-refractivity contribution in [3.63, 3.8) is 0 Å². The number of benzene rings is 2. The average molecular weight is 331 g/mol. The number of rotatable bonds is 3. The number of hydrogen-bond acceptors (Lipinski definition) is 2. The van der Waals surface area contributed by atoms with Crippen LogP contribution in [0.4, 0.5) is 0 Å². The van der Waals surface area contributed by atoms with E-state index in [0.717, 1.165) is 21.1 Å². The van der Waals surface area contributed by atoms with Crippen molar-refractivity contribution in [2.24, 2.45) is 0 Å². The molecule has 0 aliphatic carbocycles. The van der Waals surface area contributed by atoms with Crippen LogP contribution in [0.2, 0.25) is 0 Å². The van der Waals surface area contributed by atoms with Gasteiger partial charge in [0.15, 0.2) is 0 Å².